The van der Waals surface area contributed by atoms with Crippen LogP contribution in [-0.4, -0.2) is 30.2 Å². The molecular weight excluding hydrogens is 316 g/mol. The summed E-state index contributed by atoms with van der Waals surface area (Å²) in [5, 5.41) is 3.87. The van der Waals surface area contributed by atoms with Gasteiger partial charge in [-0.15, -0.1) is 0 Å². The van der Waals surface area contributed by atoms with E-state index >= 15 is 0 Å². The van der Waals surface area contributed by atoms with Gasteiger partial charge in [0.2, 0.25) is 0 Å². The van der Waals surface area contributed by atoms with Crippen molar-refractivity contribution in [2.45, 2.75) is 18.9 Å². The van der Waals surface area contributed by atoms with Crippen LogP contribution < -0.4 is 10.1 Å². The van der Waals surface area contributed by atoms with Gasteiger partial charge in [0.25, 0.3) is 0 Å². The van der Waals surface area contributed by atoms with Crippen LogP contribution >= 0.6 is 11.6 Å². The number of ether oxygens (including phenoxy) is 2. The Balaban J connectivity index is 1.41. The number of carbonyl (C=O) groups excluding carboxylic acids is 1. The summed E-state index contributed by atoms with van der Waals surface area (Å²) in [7, 11) is 0. The molecule has 0 radical (unpaired) electrons. The fourth-order valence-electron chi connectivity index (χ4n) is 1.97. The number of esters is 1. The summed E-state index contributed by atoms with van der Waals surface area (Å²) < 4.78 is 10.6. The SMILES string of the molecule is O=C(OCCOc1cccc(Cl)c1)c1ccc(NC2CC2)nc1. The van der Waals surface area contributed by atoms with Gasteiger partial charge in [-0.3, -0.25) is 0 Å². The van der Waals surface area contributed by atoms with Gasteiger partial charge >= 0.3 is 5.97 Å². The predicted molar refractivity (Wildman–Crippen MR) is 88.1 cm³/mol. The summed E-state index contributed by atoms with van der Waals surface area (Å²) in [5.74, 6) is 1.02. The average molecular weight is 333 g/mol. The molecule has 1 heterocycles. The van der Waals surface area contributed by atoms with Crippen LogP contribution in [0, 0.1) is 0 Å². The Morgan fingerprint density at radius 1 is 1.26 bits per heavy atom. The standard InChI is InChI=1S/C17H17ClN2O3/c18-13-2-1-3-15(10-13)22-8-9-23-17(21)12-4-7-16(19-11-12)20-14-5-6-14/h1-4,7,10-11,14H,5-6,8-9H2,(H,19,20). The first kappa shape index (κ1) is 15.6. The Bertz CT molecular complexity index is 672. The first-order valence-electron chi connectivity index (χ1n) is 7.49. The molecular formula is C17H17ClN2O3. The fourth-order valence-corrected chi connectivity index (χ4v) is 2.15. The van der Waals surface area contributed by atoms with E-state index in [1.165, 1.54) is 19.0 Å². The third kappa shape index (κ3) is 4.86. The molecule has 5 nitrogen and oxygen atoms in total. The number of hydrogen-bond acceptors (Lipinski definition) is 5. The second-order valence-corrected chi connectivity index (χ2v) is 5.73. The minimum Gasteiger partial charge on any atom is -0.490 e. The summed E-state index contributed by atoms with van der Waals surface area (Å²) in [5.41, 5.74) is 0.425. The topological polar surface area (TPSA) is 60.5 Å². The molecule has 1 aromatic carbocycles. The van der Waals surface area contributed by atoms with Crippen molar-refractivity contribution in [1.29, 1.82) is 0 Å². The van der Waals surface area contributed by atoms with Crippen molar-refractivity contribution in [3.63, 3.8) is 0 Å². The Hall–Kier alpha value is -2.27. The van der Waals surface area contributed by atoms with E-state index in [2.05, 4.69) is 10.3 Å². The number of rotatable bonds is 7. The van der Waals surface area contributed by atoms with Crippen LogP contribution in [0.1, 0.15) is 23.2 Å². The highest BCUT2D eigenvalue weighted by Crippen LogP contribution is 2.23. The summed E-state index contributed by atoms with van der Waals surface area (Å²) in [4.78, 5) is 16.1. The van der Waals surface area contributed by atoms with Crippen LogP contribution in [0.4, 0.5) is 5.82 Å². The van der Waals surface area contributed by atoms with E-state index in [0.29, 0.717) is 22.4 Å². The van der Waals surface area contributed by atoms with Crippen molar-refractivity contribution in [2.24, 2.45) is 0 Å². The zero-order valence-electron chi connectivity index (χ0n) is 12.5. The number of nitrogens with one attached hydrogen (secondary N) is 1. The monoisotopic (exact) mass is 332 g/mol. The summed E-state index contributed by atoms with van der Waals surface area (Å²) >= 11 is 5.86. The molecule has 6 heteroatoms. The Kier molecular flexibility index (Phi) is 4.98. The fraction of sp³-hybridized carbons (Fsp3) is 0.294. The second-order valence-electron chi connectivity index (χ2n) is 5.29. The molecule has 0 spiro atoms. The lowest BCUT2D eigenvalue weighted by atomic mass is 10.3. The highest BCUT2D eigenvalue weighted by molar-refractivity contribution is 6.30. The number of halogens is 1. The molecule has 1 N–H and O–H groups in total. The Morgan fingerprint density at radius 3 is 2.83 bits per heavy atom. The van der Waals surface area contributed by atoms with E-state index in [1.807, 2.05) is 0 Å². The smallest absolute Gasteiger partial charge is 0.339 e. The number of pyridine rings is 1. The average Bonchev–Trinajstić information content (AvgIpc) is 3.36. The molecule has 120 valence electrons. The maximum atomic E-state index is 11.9. The Morgan fingerprint density at radius 2 is 2.13 bits per heavy atom. The number of carbonyl (C=O) groups is 1. The molecule has 0 saturated heterocycles. The van der Waals surface area contributed by atoms with Gasteiger partial charge in [0.05, 0.1) is 5.56 Å². The Labute approximate surface area is 139 Å². The zero-order chi connectivity index (χ0) is 16.1. The molecule has 0 amide bonds. The number of aromatic nitrogens is 1. The van der Waals surface area contributed by atoms with Crippen molar-refractivity contribution in [3.8, 4) is 5.75 Å². The van der Waals surface area contributed by atoms with Crippen LogP contribution in [0.3, 0.4) is 0 Å². The lowest BCUT2D eigenvalue weighted by Gasteiger charge is -2.08. The third-order valence-electron chi connectivity index (χ3n) is 3.31. The number of nitrogens with zero attached hydrogens (tertiary/aromatic N) is 1. The highest BCUT2D eigenvalue weighted by atomic mass is 35.5. The normalized spacial score (nSPS) is 13.4. The quantitative estimate of drug-likeness (QED) is 0.620. The van der Waals surface area contributed by atoms with Gasteiger partial charge in [0.1, 0.15) is 24.8 Å². The van der Waals surface area contributed by atoms with Crippen LogP contribution in [0.5, 0.6) is 5.75 Å². The second kappa shape index (κ2) is 7.33. The van der Waals surface area contributed by atoms with E-state index in [9.17, 15) is 4.79 Å². The van der Waals surface area contributed by atoms with Gasteiger partial charge in [0.15, 0.2) is 0 Å². The van der Waals surface area contributed by atoms with Crippen molar-refractivity contribution in [3.05, 3.63) is 53.2 Å². The molecule has 1 aliphatic rings. The van der Waals surface area contributed by atoms with Crippen LogP contribution in [0.15, 0.2) is 42.6 Å². The minimum atomic E-state index is -0.412. The van der Waals surface area contributed by atoms with E-state index in [0.717, 1.165) is 5.82 Å². The molecule has 0 aliphatic heterocycles. The van der Waals surface area contributed by atoms with Crippen molar-refractivity contribution in [2.75, 3.05) is 18.5 Å². The number of benzene rings is 1. The molecule has 3 rings (SSSR count). The van der Waals surface area contributed by atoms with Gasteiger partial charge in [-0.2, -0.15) is 0 Å². The van der Waals surface area contributed by atoms with E-state index in [4.69, 9.17) is 21.1 Å². The lowest BCUT2D eigenvalue weighted by Crippen LogP contribution is -2.13. The van der Waals surface area contributed by atoms with Crippen molar-refractivity contribution < 1.29 is 14.3 Å². The molecule has 0 atom stereocenters. The van der Waals surface area contributed by atoms with Crippen LogP contribution in [0.25, 0.3) is 0 Å². The largest absolute Gasteiger partial charge is 0.490 e. The van der Waals surface area contributed by atoms with E-state index in [1.54, 1.807) is 36.4 Å². The maximum absolute atomic E-state index is 11.9. The van der Waals surface area contributed by atoms with E-state index < -0.39 is 5.97 Å². The molecule has 1 aliphatic carbocycles. The first-order chi connectivity index (χ1) is 11.2. The summed E-state index contributed by atoms with van der Waals surface area (Å²) in [6.45, 7) is 0.425. The van der Waals surface area contributed by atoms with Gasteiger partial charge in [-0.1, -0.05) is 17.7 Å². The van der Waals surface area contributed by atoms with E-state index in [-0.39, 0.29) is 13.2 Å². The van der Waals surface area contributed by atoms with Gasteiger partial charge in [-0.25, -0.2) is 9.78 Å². The molecule has 0 unspecified atom stereocenters. The van der Waals surface area contributed by atoms with Crippen molar-refractivity contribution in [1.82, 2.24) is 4.98 Å². The summed E-state index contributed by atoms with van der Waals surface area (Å²) in [6, 6.07) is 11.1. The van der Waals surface area contributed by atoms with Gasteiger partial charge < -0.3 is 14.8 Å². The summed E-state index contributed by atoms with van der Waals surface area (Å²) in [6.07, 6.45) is 3.88. The molecule has 0 bridgehead atoms. The minimum absolute atomic E-state index is 0.160. The third-order valence-corrected chi connectivity index (χ3v) is 3.54. The molecule has 1 aromatic heterocycles. The number of hydrogen-bond donors (Lipinski definition) is 1. The van der Waals surface area contributed by atoms with Crippen LogP contribution in [-0.2, 0) is 4.74 Å². The van der Waals surface area contributed by atoms with Gasteiger partial charge in [0, 0.05) is 17.3 Å². The predicted octanol–water partition coefficient (Wildman–Crippen LogP) is 3.55. The first-order valence-corrected chi connectivity index (χ1v) is 7.86. The molecule has 1 saturated carbocycles. The molecule has 1 fully saturated rings. The molecule has 2 aromatic rings. The van der Waals surface area contributed by atoms with Crippen molar-refractivity contribution >= 4 is 23.4 Å². The lowest BCUT2D eigenvalue weighted by molar-refractivity contribution is 0.0450. The number of anilines is 1. The van der Waals surface area contributed by atoms with Gasteiger partial charge in [-0.05, 0) is 43.2 Å². The zero-order valence-corrected chi connectivity index (χ0v) is 13.3. The maximum Gasteiger partial charge on any atom is 0.339 e. The van der Waals surface area contributed by atoms with Crippen LogP contribution in [0.2, 0.25) is 5.02 Å². The highest BCUT2D eigenvalue weighted by Gasteiger charge is 2.21. The molecule has 23 heavy (non-hydrogen) atoms.